The van der Waals surface area contributed by atoms with Crippen LogP contribution in [-0.2, 0) is 13.0 Å². The molecule has 0 saturated heterocycles. The molecule has 4 heteroatoms. The molecule has 0 spiro atoms. The van der Waals surface area contributed by atoms with Gasteiger partial charge in [-0.25, -0.2) is 0 Å². The monoisotopic (exact) mass is 237 g/mol. The lowest BCUT2D eigenvalue weighted by molar-refractivity contribution is 0.183. The number of hydrogen-bond donors (Lipinski definition) is 1. The fourth-order valence-electron chi connectivity index (χ4n) is 2.32. The molecule has 17 heavy (non-hydrogen) atoms. The number of aliphatic hydroxyl groups is 1. The fraction of sp³-hybridized carbons (Fsp3) is 0.538. The van der Waals surface area contributed by atoms with Gasteiger partial charge in [-0.15, -0.1) is 0 Å². The van der Waals surface area contributed by atoms with E-state index in [0.29, 0.717) is 0 Å². The van der Waals surface area contributed by atoms with E-state index >= 15 is 0 Å². The van der Waals surface area contributed by atoms with Crippen LogP contribution >= 0.6 is 0 Å². The number of ether oxygens (including phenoxy) is 2. The molecular weight excluding hydrogens is 218 g/mol. The third-order valence-corrected chi connectivity index (χ3v) is 3.22. The van der Waals surface area contributed by atoms with Crippen molar-refractivity contribution in [2.45, 2.75) is 13.0 Å². The Kier molecular flexibility index (Phi) is 3.86. The average Bonchev–Trinajstić information content (AvgIpc) is 2.37. The summed E-state index contributed by atoms with van der Waals surface area (Å²) in [6.07, 6.45) is 0.961. The van der Waals surface area contributed by atoms with Gasteiger partial charge < -0.3 is 14.6 Å². The summed E-state index contributed by atoms with van der Waals surface area (Å²) in [4.78, 5) is 2.24. The molecule has 1 aromatic rings. The molecule has 4 nitrogen and oxygen atoms in total. The van der Waals surface area contributed by atoms with Crippen LogP contribution in [0, 0.1) is 0 Å². The van der Waals surface area contributed by atoms with Crippen molar-refractivity contribution in [1.29, 1.82) is 0 Å². The molecule has 0 aliphatic carbocycles. The highest BCUT2D eigenvalue weighted by molar-refractivity contribution is 5.47. The van der Waals surface area contributed by atoms with Gasteiger partial charge in [-0.1, -0.05) is 0 Å². The van der Waals surface area contributed by atoms with Crippen molar-refractivity contribution in [1.82, 2.24) is 4.90 Å². The second-order valence-electron chi connectivity index (χ2n) is 4.22. The summed E-state index contributed by atoms with van der Waals surface area (Å²) in [5, 5.41) is 8.98. The minimum atomic E-state index is 0.205. The van der Waals surface area contributed by atoms with E-state index < -0.39 is 0 Å². The van der Waals surface area contributed by atoms with Crippen molar-refractivity contribution < 1.29 is 14.6 Å². The van der Waals surface area contributed by atoms with Crippen LogP contribution < -0.4 is 9.47 Å². The fourth-order valence-corrected chi connectivity index (χ4v) is 2.32. The smallest absolute Gasteiger partial charge is 0.126 e. The van der Waals surface area contributed by atoms with Crippen molar-refractivity contribution in [3.8, 4) is 11.5 Å². The highest BCUT2D eigenvalue weighted by Crippen LogP contribution is 2.32. The van der Waals surface area contributed by atoms with Crippen LogP contribution in [0.15, 0.2) is 12.1 Å². The van der Waals surface area contributed by atoms with Gasteiger partial charge in [0.15, 0.2) is 0 Å². The van der Waals surface area contributed by atoms with E-state index in [1.807, 2.05) is 6.07 Å². The number of benzene rings is 1. The zero-order valence-electron chi connectivity index (χ0n) is 10.4. The first kappa shape index (κ1) is 12.2. The van der Waals surface area contributed by atoms with Crippen LogP contribution in [0.3, 0.4) is 0 Å². The second kappa shape index (κ2) is 5.38. The van der Waals surface area contributed by atoms with Crippen LogP contribution in [0.1, 0.15) is 11.1 Å². The van der Waals surface area contributed by atoms with Gasteiger partial charge in [0.05, 0.1) is 20.8 Å². The molecule has 0 aromatic heterocycles. The van der Waals surface area contributed by atoms with Gasteiger partial charge >= 0.3 is 0 Å². The van der Waals surface area contributed by atoms with Crippen LogP contribution in [0.2, 0.25) is 0 Å². The Hall–Kier alpha value is -1.26. The topological polar surface area (TPSA) is 41.9 Å². The highest BCUT2D eigenvalue weighted by Gasteiger charge is 2.20. The molecule has 0 atom stereocenters. The SMILES string of the molecule is COc1cc2c(c(OC)c1)CCN(CCO)C2. The van der Waals surface area contributed by atoms with Gasteiger partial charge in [0, 0.05) is 31.3 Å². The highest BCUT2D eigenvalue weighted by atomic mass is 16.5. The van der Waals surface area contributed by atoms with E-state index in [1.165, 1.54) is 11.1 Å². The zero-order valence-corrected chi connectivity index (χ0v) is 10.4. The first-order valence-corrected chi connectivity index (χ1v) is 5.85. The summed E-state index contributed by atoms with van der Waals surface area (Å²) in [6, 6.07) is 3.99. The third-order valence-electron chi connectivity index (χ3n) is 3.22. The van der Waals surface area contributed by atoms with Gasteiger partial charge in [-0.2, -0.15) is 0 Å². The largest absolute Gasteiger partial charge is 0.497 e. The Morgan fingerprint density at radius 3 is 2.76 bits per heavy atom. The number of β-amino-alcohol motifs (C(OH)–C–C–N with tert-alkyl or cyclic N) is 1. The number of fused-ring (bicyclic) bond motifs is 1. The van der Waals surface area contributed by atoms with Crippen LogP contribution in [0.5, 0.6) is 11.5 Å². The lowest BCUT2D eigenvalue weighted by Gasteiger charge is -2.29. The van der Waals surface area contributed by atoms with Crippen molar-refractivity contribution >= 4 is 0 Å². The number of hydrogen-bond acceptors (Lipinski definition) is 4. The van der Waals surface area contributed by atoms with Gasteiger partial charge in [-0.05, 0) is 18.1 Å². The molecule has 0 unspecified atom stereocenters. The molecule has 0 amide bonds. The number of methoxy groups -OCH3 is 2. The normalized spacial score (nSPS) is 15.5. The lowest BCUT2D eigenvalue weighted by atomic mass is 9.98. The third kappa shape index (κ3) is 2.53. The Morgan fingerprint density at radius 2 is 2.12 bits per heavy atom. The second-order valence-corrected chi connectivity index (χ2v) is 4.22. The summed E-state index contributed by atoms with van der Waals surface area (Å²) < 4.78 is 10.7. The van der Waals surface area contributed by atoms with Crippen LogP contribution in [0.4, 0.5) is 0 Å². The van der Waals surface area contributed by atoms with Crippen LogP contribution in [0.25, 0.3) is 0 Å². The van der Waals surface area contributed by atoms with Gasteiger partial charge in [0.1, 0.15) is 11.5 Å². The number of nitrogens with zero attached hydrogens (tertiary/aromatic N) is 1. The first-order chi connectivity index (χ1) is 8.28. The molecule has 0 bridgehead atoms. The predicted molar refractivity (Wildman–Crippen MR) is 65.6 cm³/mol. The summed E-state index contributed by atoms with van der Waals surface area (Å²) >= 11 is 0. The molecule has 1 N–H and O–H groups in total. The van der Waals surface area contributed by atoms with Crippen molar-refractivity contribution in [2.75, 3.05) is 33.9 Å². The molecule has 1 heterocycles. The van der Waals surface area contributed by atoms with E-state index in [4.69, 9.17) is 14.6 Å². The maximum absolute atomic E-state index is 8.98. The van der Waals surface area contributed by atoms with Crippen molar-refractivity contribution in [2.24, 2.45) is 0 Å². The van der Waals surface area contributed by atoms with Crippen molar-refractivity contribution in [3.63, 3.8) is 0 Å². The number of aliphatic hydroxyl groups excluding tert-OH is 1. The minimum absolute atomic E-state index is 0.205. The van der Waals surface area contributed by atoms with E-state index in [2.05, 4.69) is 11.0 Å². The molecular formula is C13H19NO3. The Morgan fingerprint density at radius 1 is 1.29 bits per heavy atom. The number of rotatable bonds is 4. The average molecular weight is 237 g/mol. The predicted octanol–water partition coefficient (Wildman–Crippen LogP) is 1.05. The van der Waals surface area contributed by atoms with Crippen molar-refractivity contribution in [3.05, 3.63) is 23.3 Å². The summed E-state index contributed by atoms with van der Waals surface area (Å²) in [5.74, 6) is 1.73. The molecule has 94 valence electrons. The molecule has 0 saturated carbocycles. The maximum atomic E-state index is 8.98. The van der Waals surface area contributed by atoms with E-state index in [9.17, 15) is 0 Å². The summed E-state index contributed by atoms with van der Waals surface area (Å²) in [7, 11) is 3.35. The Balaban J connectivity index is 2.29. The molecule has 0 fully saturated rings. The van der Waals surface area contributed by atoms with Gasteiger partial charge in [-0.3, -0.25) is 4.90 Å². The van der Waals surface area contributed by atoms with E-state index in [0.717, 1.165) is 37.6 Å². The minimum Gasteiger partial charge on any atom is -0.497 e. The molecule has 1 aliphatic rings. The quantitative estimate of drug-likeness (QED) is 0.850. The Labute approximate surface area is 102 Å². The standard InChI is InChI=1S/C13H19NO3/c1-16-11-7-10-9-14(5-6-15)4-3-12(10)13(8-11)17-2/h7-8,15H,3-6,9H2,1-2H3. The zero-order chi connectivity index (χ0) is 12.3. The first-order valence-electron chi connectivity index (χ1n) is 5.85. The molecule has 1 aliphatic heterocycles. The summed E-state index contributed by atoms with van der Waals surface area (Å²) in [5.41, 5.74) is 2.50. The molecule has 1 aromatic carbocycles. The van der Waals surface area contributed by atoms with Gasteiger partial charge in [0.2, 0.25) is 0 Å². The Bertz CT molecular complexity index is 392. The molecule has 2 rings (SSSR count). The molecule has 0 radical (unpaired) electrons. The lowest BCUT2D eigenvalue weighted by Crippen LogP contribution is -2.33. The maximum Gasteiger partial charge on any atom is 0.126 e. The van der Waals surface area contributed by atoms with E-state index in [-0.39, 0.29) is 6.61 Å². The van der Waals surface area contributed by atoms with E-state index in [1.54, 1.807) is 14.2 Å². The summed E-state index contributed by atoms with van der Waals surface area (Å²) in [6.45, 7) is 2.75. The van der Waals surface area contributed by atoms with Gasteiger partial charge in [0.25, 0.3) is 0 Å². The van der Waals surface area contributed by atoms with Crippen LogP contribution in [-0.4, -0.2) is 43.9 Å².